The average molecular weight is 349 g/mol. The molecule has 3 heterocycles. The topological polar surface area (TPSA) is 6.48 Å². The number of likely N-dealkylation sites (N-methyl/N-ethyl adjacent to an activating group) is 1. The van der Waals surface area contributed by atoms with E-state index in [1.807, 2.05) is 11.3 Å². The van der Waals surface area contributed by atoms with E-state index in [0.717, 1.165) is 13.1 Å². The molecule has 25 heavy (non-hydrogen) atoms. The third kappa shape index (κ3) is 2.76. The second-order valence-corrected chi connectivity index (χ2v) is 8.63. The summed E-state index contributed by atoms with van der Waals surface area (Å²) in [6, 6.07) is 18.4. The normalized spacial score (nSPS) is 21.0. The first kappa shape index (κ1) is 15.4. The lowest BCUT2D eigenvalue weighted by Crippen LogP contribution is -2.31. The first-order valence-electron chi connectivity index (χ1n) is 9.33. The van der Waals surface area contributed by atoms with E-state index in [9.17, 15) is 0 Å². The third-order valence-electron chi connectivity index (χ3n) is 5.70. The zero-order valence-electron chi connectivity index (χ0n) is 14.7. The highest BCUT2D eigenvalue weighted by Crippen LogP contribution is 2.40. The maximum atomic E-state index is 2.54. The van der Waals surface area contributed by atoms with Gasteiger partial charge in [-0.15, -0.1) is 11.3 Å². The van der Waals surface area contributed by atoms with Gasteiger partial charge in [-0.25, -0.2) is 0 Å². The first-order chi connectivity index (χ1) is 12.3. The fraction of sp³-hybridized carbons (Fsp3) is 0.364. The summed E-state index contributed by atoms with van der Waals surface area (Å²) in [6.07, 6.45) is 2.67. The van der Waals surface area contributed by atoms with Crippen molar-refractivity contribution in [2.24, 2.45) is 0 Å². The molecule has 3 aromatic rings. The van der Waals surface area contributed by atoms with Crippen LogP contribution in [0.5, 0.6) is 0 Å². The molecule has 2 nitrogen and oxygen atoms in total. The number of nitrogens with zero attached hydrogens (tertiary/aromatic N) is 2. The van der Waals surface area contributed by atoms with Crippen LogP contribution in [0.15, 0.2) is 48.5 Å². The summed E-state index contributed by atoms with van der Waals surface area (Å²) in [5.74, 6) is 0.499. The van der Waals surface area contributed by atoms with Gasteiger partial charge in [-0.1, -0.05) is 24.3 Å². The lowest BCUT2D eigenvalue weighted by atomic mass is 9.88. The van der Waals surface area contributed by atoms with Crippen LogP contribution in [0, 0.1) is 0 Å². The Hall–Kier alpha value is -1.84. The number of hydrogen-bond acceptors (Lipinski definition) is 3. The van der Waals surface area contributed by atoms with Crippen LogP contribution in [-0.4, -0.2) is 31.6 Å². The van der Waals surface area contributed by atoms with E-state index in [0.29, 0.717) is 5.92 Å². The summed E-state index contributed by atoms with van der Waals surface area (Å²) in [6.45, 7) is 4.62. The molecule has 0 amide bonds. The predicted octanol–water partition coefficient (Wildman–Crippen LogP) is 5.08. The van der Waals surface area contributed by atoms with Crippen molar-refractivity contribution in [1.29, 1.82) is 0 Å². The smallest absolute Gasteiger partial charge is 0.0369 e. The van der Waals surface area contributed by atoms with Crippen LogP contribution < -0.4 is 4.90 Å². The molecule has 1 fully saturated rings. The summed E-state index contributed by atoms with van der Waals surface area (Å²) in [5, 5.41) is 1.38. The van der Waals surface area contributed by atoms with Gasteiger partial charge in [-0.2, -0.15) is 0 Å². The molecule has 3 heteroatoms. The molecule has 128 valence electrons. The number of benzene rings is 2. The minimum absolute atomic E-state index is 0.499. The lowest BCUT2D eigenvalue weighted by Gasteiger charge is -2.33. The molecule has 2 aliphatic rings. The molecule has 0 saturated carbocycles. The fourth-order valence-electron chi connectivity index (χ4n) is 4.42. The predicted molar refractivity (Wildman–Crippen MR) is 108 cm³/mol. The summed E-state index contributed by atoms with van der Waals surface area (Å²) in [5.41, 5.74) is 4.47. The molecule has 0 bridgehead atoms. The Balaban J connectivity index is 1.55. The number of thiophene rings is 1. The van der Waals surface area contributed by atoms with E-state index in [-0.39, 0.29) is 0 Å². The molecule has 5 rings (SSSR count). The standard InChI is InChI=1S/C22H24N2S/c1-23-14-17-12-18(24-10-4-5-11-24)8-9-19(17)20(15-23)22-13-16-6-2-3-7-21(16)25-22/h2-3,6-9,12-13,20H,4-5,10-11,14-15H2,1H3. The highest BCUT2D eigenvalue weighted by atomic mass is 32.1. The maximum absolute atomic E-state index is 2.54. The van der Waals surface area contributed by atoms with Gasteiger partial charge in [-0.3, -0.25) is 0 Å². The van der Waals surface area contributed by atoms with Crippen molar-refractivity contribution in [1.82, 2.24) is 4.90 Å². The summed E-state index contributed by atoms with van der Waals surface area (Å²) < 4.78 is 1.40. The molecule has 0 aliphatic carbocycles. The minimum Gasteiger partial charge on any atom is -0.372 e. The van der Waals surface area contributed by atoms with E-state index >= 15 is 0 Å². The van der Waals surface area contributed by atoms with Crippen molar-refractivity contribution in [2.45, 2.75) is 25.3 Å². The van der Waals surface area contributed by atoms with E-state index in [1.165, 1.54) is 57.7 Å². The molecule has 2 aliphatic heterocycles. The summed E-state index contributed by atoms with van der Waals surface area (Å²) >= 11 is 1.96. The molecule has 0 radical (unpaired) electrons. The van der Waals surface area contributed by atoms with Gasteiger partial charge in [0.15, 0.2) is 0 Å². The van der Waals surface area contributed by atoms with Crippen LogP contribution in [-0.2, 0) is 6.54 Å². The van der Waals surface area contributed by atoms with Gasteiger partial charge in [0, 0.05) is 47.4 Å². The number of hydrogen-bond donors (Lipinski definition) is 0. The van der Waals surface area contributed by atoms with Crippen molar-refractivity contribution in [3.05, 3.63) is 64.5 Å². The summed E-state index contributed by atoms with van der Waals surface area (Å²) in [7, 11) is 2.26. The zero-order chi connectivity index (χ0) is 16.8. The van der Waals surface area contributed by atoms with E-state index in [2.05, 4.69) is 65.4 Å². The highest BCUT2D eigenvalue weighted by molar-refractivity contribution is 7.19. The minimum atomic E-state index is 0.499. The molecule has 1 aromatic heterocycles. The van der Waals surface area contributed by atoms with Gasteiger partial charge < -0.3 is 9.80 Å². The Morgan fingerprint density at radius 2 is 1.84 bits per heavy atom. The number of anilines is 1. The third-order valence-corrected chi connectivity index (χ3v) is 6.93. The van der Waals surface area contributed by atoms with E-state index in [1.54, 1.807) is 0 Å². The van der Waals surface area contributed by atoms with Crippen molar-refractivity contribution >= 4 is 27.1 Å². The van der Waals surface area contributed by atoms with E-state index < -0.39 is 0 Å². The van der Waals surface area contributed by atoms with Crippen molar-refractivity contribution in [3.8, 4) is 0 Å². The van der Waals surface area contributed by atoms with Crippen LogP contribution >= 0.6 is 11.3 Å². The Morgan fingerprint density at radius 1 is 1.00 bits per heavy atom. The quantitative estimate of drug-likeness (QED) is 0.637. The van der Waals surface area contributed by atoms with Crippen LogP contribution in [0.3, 0.4) is 0 Å². The van der Waals surface area contributed by atoms with Gasteiger partial charge in [0.25, 0.3) is 0 Å². The molecule has 1 atom stereocenters. The fourth-order valence-corrected chi connectivity index (χ4v) is 5.60. The Bertz CT molecular complexity index is 874. The molecular formula is C22H24N2S. The summed E-state index contributed by atoms with van der Waals surface area (Å²) in [4.78, 5) is 6.53. The Labute approximate surface area is 153 Å². The maximum Gasteiger partial charge on any atom is 0.0369 e. The first-order valence-corrected chi connectivity index (χ1v) is 10.1. The molecule has 0 spiro atoms. The van der Waals surface area contributed by atoms with Crippen LogP contribution in [0.2, 0.25) is 0 Å². The van der Waals surface area contributed by atoms with Crippen molar-refractivity contribution in [2.75, 3.05) is 31.6 Å². The van der Waals surface area contributed by atoms with E-state index in [4.69, 9.17) is 0 Å². The largest absolute Gasteiger partial charge is 0.372 e. The van der Waals surface area contributed by atoms with Crippen LogP contribution in [0.4, 0.5) is 5.69 Å². The SMILES string of the molecule is CN1Cc2cc(N3CCCC3)ccc2C(c2cc3ccccc3s2)C1. The molecule has 1 unspecified atom stereocenters. The van der Waals surface area contributed by atoms with Crippen molar-refractivity contribution < 1.29 is 0 Å². The molecular weight excluding hydrogens is 324 g/mol. The van der Waals surface area contributed by atoms with Crippen molar-refractivity contribution in [3.63, 3.8) is 0 Å². The Morgan fingerprint density at radius 3 is 2.68 bits per heavy atom. The molecule has 0 N–H and O–H groups in total. The second kappa shape index (κ2) is 6.15. The number of rotatable bonds is 2. The van der Waals surface area contributed by atoms with Gasteiger partial charge in [0.05, 0.1) is 0 Å². The highest BCUT2D eigenvalue weighted by Gasteiger charge is 2.27. The molecule has 2 aromatic carbocycles. The second-order valence-electron chi connectivity index (χ2n) is 7.51. The molecule has 1 saturated heterocycles. The van der Waals surface area contributed by atoms with Gasteiger partial charge in [-0.05, 0) is 60.7 Å². The van der Waals surface area contributed by atoms with Gasteiger partial charge >= 0.3 is 0 Å². The average Bonchev–Trinajstić information content (AvgIpc) is 3.30. The Kier molecular flexibility index (Phi) is 3.79. The number of fused-ring (bicyclic) bond motifs is 2. The van der Waals surface area contributed by atoms with Gasteiger partial charge in [0.2, 0.25) is 0 Å². The monoisotopic (exact) mass is 348 g/mol. The van der Waals surface area contributed by atoms with Crippen LogP contribution in [0.1, 0.15) is 34.8 Å². The lowest BCUT2D eigenvalue weighted by molar-refractivity contribution is 0.296. The van der Waals surface area contributed by atoms with Gasteiger partial charge in [0.1, 0.15) is 0 Å². The zero-order valence-corrected chi connectivity index (χ0v) is 15.6. The van der Waals surface area contributed by atoms with Crippen LogP contribution in [0.25, 0.3) is 10.1 Å².